The molecule has 2 aliphatic rings. The Balaban J connectivity index is 1.47. The molecular weight excluding hydrogens is 434 g/mol. The quantitative estimate of drug-likeness (QED) is 0.322. The molecule has 2 aromatic carbocycles. The molecule has 1 atom stereocenters. The number of carbonyl (C=O) groups is 2. The summed E-state index contributed by atoms with van der Waals surface area (Å²) in [5.41, 5.74) is 2.40. The first-order valence-corrected chi connectivity index (χ1v) is 11.5. The van der Waals surface area contributed by atoms with Gasteiger partial charge in [0.15, 0.2) is 5.11 Å². The van der Waals surface area contributed by atoms with Gasteiger partial charge in [0.2, 0.25) is 11.8 Å². The van der Waals surface area contributed by atoms with Gasteiger partial charge in [0.1, 0.15) is 10.9 Å². The summed E-state index contributed by atoms with van der Waals surface area (Å²) in [4.78, 5) is 29.8. The van der Waals surface area contributed by atoms with Crippen molar-refractivity contribution < 1.29 is 9.59 Å². The summed E-state index contributed by atoms with van der Waals surface area (Å²) in [6, 6.07) is 17.0. The summed E-state index contributed by atoms with van der Waals surface area (Å²) in [5, 5.41) is 6.42. The number of nitrogens with one attached hydrogen (secondary N) is 1. The maximum Gasteiger partial charge on any atom is 0.241 e. The summed E-state index contributed by atoms with van der Waals surface area (Å²) >= 11 is 8.45. The Bertz CT molecular complexity index is 1420. The van der Waals surface area contributed by atoms with Crippen LogP contribution in [0.5, 0.6) is 0 Å². The fraction of sp³-hybridized carbons (Fsp3) is 0.136. The van der Waals surface area contributed by atoms with Crippen LogP contribution in [0.1, 0.15) is 4.88 Å². The van der Waals surface area contributed by atoms with Crippen LogP contribution in [-0.4, -0.2) is 33.4 Å². The number of amides is 2. The van der Waals surface area contributed by atoms with Crippen LogP contribution < -0.4 is 5.32 Å². The van der Waals surface area contributed by atoms with Crippen molar-refractivity contribution in [2.75, 3.05) is 7.05 Å². The Kier molecular flexibility index (Phi) is 3.87. The second kappa shape index (κ2) is 6.41. The van der Waals surface area contributed by atoms with Crippen molar-refractivity contribution >= 4 is 74.0 Å². The van der Waals surface area contributed by atoms with Crippen LogP contribution in [0.25, 0.3) is 26.8 Å². The Morgan fingerprint density at radius 1 is 1.07 bits per heavy atom. The van der Waals surface area contributed by atoms with E-state index < -0.39 is 5.92 Å². The highest BCUT2D eigenvalue weighted by Gasteiger charge is 2.37. The number of nitrogens with zero attached hydrogens (tertiary/aromatic N) is 2. The minimum atomic E-state index is -0.754. The number of thiocarbonyl (C=S) groups is 1. The van der Waals surface area contributed by atoms with Crippen LogP contribution in [0.2, 0.25) is 0 Å². The van der Waals surface area contributed by atoms with Crippen molar-refractivity contribution in [3.8, 4) is 5.00 Å². The molecule has 30 heavy (non-hydrogen) atoms. The molecule has 1 N–H and O–H groups in total. The SMILES string of the molecule is CN1C(=O)C(Cc2cc3c(s2)-n2c4ccccc4c4cccc(c42)S3)C(=O)NC1=S. The van der Waals surface area contributed by atoms with Crippen molar-refractivity contribution in [1.82, 2.24) is 14.8 Å². The Morgan fingerprint density at radius 2 is 1.87 bits per heavy atom. The highest BCUT2D eigenvalue weighted by atomic mass is 32.2. The lowest BCUT2D eigenvalue weighted by atomic mass is 10.0. The summed E-state index contributed by atoms with van der Waals surface area (Å²) in [7, 11) is 1.60. The zero-order valence-electron chi connectivity index (χ0n) is 15.8. The summed E-state index contributed by atoms with van der Waals surface area (Å²) < 4.78 is 2.32. The van der Waals surface area contributed by atoms with Crippen molar-refractivity contribution in [2.24, 2.45) is 5.92 Å². The molecule has 6 rings (SSSR count). The minimum absolute atomic E-state index is 0.166. The average molecular weight is 450 g/mol. The molecule has 5 nitrogen and oxygen atoms in total. The first kappa shape index (κ1) is 18.1. The standard InChI is InChI=1S/C22H15N3O2S3/c1-24-20(27)14(19(26)23-22(24)28)9-11-10-17-21(29-11)25-15-7-3-2-5-12(15)13-6-4-8-16(30-17)18(13)25/h2-8,10,14H,9H2,1H3,(H,23,26,28). The van der Waals surface area contributed by atoms with Gasteiger partial charge >= 0.3 is 0 Å². The molecule has 1 fully saturated rings. The maximum atomic E-state index is 12.6. The fourth-order valence-corrected chi connectivity index (χ4v) is 6.94. The van der Waals surface area contributed by atoms with Gasteiger partial charge in [0.25, 0.3) is 0 Å². The van der Waals surface area contributed by atoms with Crippen molar-refractivity contribution in [2.45, 2.75) is 16.2 Å². The number of thiophene rings is 1. The van der Waals surface area contributed by atoms with E-state index in [1.165, 1.54) is 31.6 Å². The largest absolute Gasteiger partial charge is 0.302 e. The molecule has 1 unspecified atom stereocenters. The third kappa shape index (κ3) is 2.44. The predicted octanol–water partition coefficient (Wildman–Crippen LogP) is 4.34. The van der Waals surface area contributed by atoms with E-state index in [1.54, 1.807) is 30.1 Å². The lowest BCUT2D eigenvalue weighted by Crippen LogP contribution is -2.56. The first-order chi connectivity index (χ1) is 14.5. The molecule has 0 bridgehead atoms. The summed E-state index contributed by atoms with van der Waals surface area (Å²) in [6.45, 7) is 0. The third-order valence-corrected chi connectivity index (χ3v) is 8.42. The molecule has 4 heterocycles. The summed E-state index contributed by atoms with van der Waals surface area (Å²) in [6.07, 6.45) is 0.370. The van der Waals surface area contributed by atoms with Crippen LogP contribution in [0, 0.1) is 5.92 Å². The van der Waals surface area contributed by atoms with E-state index in [9.17, 15) is 9.59 Å². The monoisotopic (exact) mass is 449 g/mol. The van der Waals surface area contributed by atoms with E-state index in [2.05, 4.69) is 58.4 Å². The third-order valence-electron chi connectivity index (χ3n) is 5.70. The van der Waals surface area contributed by atoms with Crippen molar-refractivity contribution in [3.63, 3.8) is 0 Å². The maximum absolute atomic E-state index is 12.6. The van der Waals surface area contributed by atoms with E-state index in [1.807, 2.05) is 0 Å². The van der Waals surface area contributed by atoms with E-state index in [-0.39, 0.29) is 16.9 Å². The Hall–Kier alpha value is -2.68. The van der Waals surface area contributed by atoms with Gasteiger partial charge in [-0.05, 0) is 30.4 Å². The van der Waals surface area contributed by atoms with Crippen LogP contribution in [0.4, 0.5) is 0 Å². The van der Waals surface area contributed by atoms with Gasteiger partial charge in [-0.3, -0.25) is 19.1 Å². The van der Waals surface area contributed by atoms with E-state index >= 15 is 0 Å². The van der Waals surface area contributed by atoms with Gasteiger partial charge in [-0.1, -0.05) is 42.1 Å². The lowest BCUT2D eigenvalue weighted by Gasteiger charge is -2.29. The van der Waals surface area contributed by atoms with Gasteiger partial charge in [0, 0.05) is 38.9 Å². The Labute approximate surface area is 185 Å². The normalized spacial score (nSPS) is 18.2. The average Bonchev–Trinajstić information content (AvgIpc) is 3.30. The van der Waals surface area contributed by atoms with Gasteiger partial charge in [-0.2, -0.15) is 0 Å². The number of aromatic nitrogens is 1. The van der Waals surface area contributed by atoms with E-state index in [0.717, 1.165) is 14.8 Å². The second-order valence-corrected chi connectivity index (χ2v) is 10.0. The van der Waals surface area contributed by atoms with Gasteiger partial charge < -0.3 is 5.32 Å². The van der Waals surface area contributed by atoms with Crippen LogP contribution in [0.15, 0.2) is 58.3 Å². The van der Waals surface area contributed by atoms with E-state index in [4.69, 9.17) is 12.2 Å². The number of hydrogen-bond donors (Lipinski definition) is 1. The number of benzene rings is 2. The first-order valence-electron chi connectivity index (χ1n) is 9.48. The van der Waals surface area contributed by atoms with Crippen LogP contribution >= 0.6 is 35.3 Å². The molecule has 2 aliphatic heterocycles. The molecule has 8 heteroatoms. The molecular formula is C22H15N3O2S3. The molecule has 4 aromatic rings. The molecule has 0 radical (unpaired) electrons. The molecule has 0 saturated carbocycles. The van der Waals surface area contributed by atoms with Gasteiger partial charge in [-0.15, -0.1) is 11.3 Å². The molecule has 148 valence electrons. The number of carbonyl (C=O) groups excluding carboxylic acids is 2. The van der Waals surface area contributed by atoms with Crippen molar-refractivity contribution in [3.05, 3.63) is 53.4 Å². The number of hydrogen-bond acceptors (Lipinski definition) is 5. The number of fused-ring (bicyclic) bond motifs is 5. The molecule has 2 aromatic heterocycles. The number of para-hydroxylation sites is 2. The lowest BCUT2D eigenvalue weighted by molar-refractivity contribution is -0.140. The fourth-order valence-electron chi connectivity index (χ4n) is 4.24. The Morgan fingerprint density at radius 3 is 2.73 bits per heavy atom. The highest BCUT2D eigenvalue weighted by Crippen LogP contribution is 2.49. The smallest absolute Gasteiger partial charge is 0.241 e. The zero-order valence-corrected chi connectivity index (χ0v) is 18.3. The predicted molar refractivity (Wildman–Crippen MR) is 123 cm³/mol. The van der Waals surface area contributed by atoms with Crippen LogP contribution in [0.3, 0.4) is 0 Å². The topological polar surface area (TPSA) is 54.3 Å². The van der Waals surface area contributed by atoms with Crippen molar-refractivity contribution in [1.29, 1.82) is 0 Å². The van der Waals surface area contributed by atoms with Gasteiger partial charge in [-0.25, -0.2) is 0 Å². The minimum Gasteiger partial charge on any atom is -0.302 e. The zero-order chi connectivity index (χ0) is 20.6. The van der Waals surface area contributed by atoms with E-state index in [0.29, 0.717) is 6.42 Å². The summed E-state index contributed by atoms with van der Waals surface area (Å²) in [5.74, 6) is -1.32. The molecule has 0 aliphatic carbocycles. The highest BCUT2D eigenvalue weighted by molar-refractivity contribution is 8.00. The molecule has 2 amide bonds. The van der Waals surface area contributed by atoms with Gasteiger partial charge in [0.05, 0.1) is 11.0 Å². The second-order valence-electron chi connectivity index (χ2n) is 7.44. The molecule has 0 spiro atoms. The van der Waals surface area contributed by atoms with Crippen LogP contribution in [-0.2, 0) is 16.0 Å². The number of rotatable bonds is 2. The molecule has 1 saturated heterocycles.